The summed E-state index contributed by atoms with van der Waals surface area (Å²) in [5.41, 5.74) is 4.81. The number of carbonyl (C=O) groups excluding carboxylic acids is 1. The van der Waals surface area contributed by atoms with Crippen LogP contribution < -0.4 is 25.4 Å². The number of amides is 2. The number of pyridine rings is 1. The molecule has 2 amide bonds. The number of ether oxygens (including phenoxy) is 2. The molecule has 276 valence electrons. The summed E-state index contributed by atoms with van der Waals surface area (Å²) in [6.07, 6.45) is 3.66. The lowest BCUT2D eigenvalue weighted by Crippen LogP contribution is -2.48. The Labute approximate surface area is 304 Å². The van der Waals surface area contributed by atoms with Crippen molar-refractivity contribution < 1.29 is 14.3 Å². The molecular formula is C37H50N12O3. The highest BCUT2D eigenvalue weighted by Crippen LogP contribution is 2.35. The van der Waals surface area contributed by atoms with Crippen molar-refractivity contribution in [2.24, 2.45) is 0 Å². The van der Waals surface area contributed by atoms with Crippen LogP contribution in [0.4, 0.5) is 16.6 Å². The standard InChI is InChI=1S/C37H50N12O3/c1-25-8-9-26(2)49(25)17-15-47-12-10-46(11-13-47)14-16-48-24-29(44-45-48)23-39-35-38-22-28-20-32(27-18-30(51-6)21-31(19-27)52-7)34(40-33(28)41-35)42-36(50)43-37(3,4)5/h8-9,18-22,24H,10-17,23H2,1-7H3,(H3,38,39,40,41,42,43,50). The zero-order chi connectivity index (χ0) is 36.8. The number of fused-ring (bicyclic) bond motifs is 1. The Balaban J connectivity index is 1.07. The SMILES string of the molecule is COc1cc(OC)cc(-c2cc3cnc(NCc4cn(CCN5CCN(CCn6c(C)ccc6C)CC5)nn4)nc3nc2NC(=O)NC(C)(C)C)c1. The first-order chi connectivity index (χ1) is 25.0. The second-order valence-electron chi connectivity index (χ2n) is 14.2. The number of rotatable bonds is 13. The van der Waals surface area contributed by atoms with Crippen molar-refractivity contribution in [3.63, 3.8) is 0 Å². The number of anilines is 2. The van der Waals surface area contributed by atoms with Crippen LogP contribution in [0.3, 0.4) is 0 Å². The number of carbonyl (C=O) groups is 1. The lowest BCUT2D eigenvalue weighted by Gasteiger charge is -2.34. The van der Waals surface area contributed by atoms with Crippen molar-refractivity contribution in [1.29, 1.82) is 0 Å². The van der Waals surface area contributed by atoms with E-state index in [-0.39, 0.29) is 6.03 Å². The zero-order valence-electron chi connectivity index (χ0n) is 31.2. The molecule has 0 bridgehead atoms. The number of urea groups is 1. The van der Waals surface area contributed by atoms with E-state index in [1.54, 1.807) is 26.5 Å². The molecule has 0 unspecified atom stereocenters. The fourth-order valence-corrected chi connectivity index (χ4v) is 6.28. The normalized spacial score (nSPS) is 14.1. The fourth-order valence-electron chi connectivity index (χ4n) is 6.28. The van der Waals surface area contributed by atoms with Gasteiger partial charge in [-0.3, -0.25) is 19.8 Å². The summed E-state index contributed by atoms with van der Waals surface area (Å²) in [6.45, 7) is 18.5. The maximum absolute atomic E-state index is 13.0. The first-order valence-electron chi connectivity index (χ1n) is 17.7. The molecule has 0 radical (unpaired) electrons. The monoisotopic (exact) mass is 710 g/mol. The lowest BCUT2D eigenvalue weighted by molar-refractivity contribution is 0.124. The highest BCUT2D eigenvalue weighted by Gasteiger charge is 2.20. The van der Waals surface area contributed by atoms with E-state index in [2.05, 4.69) is 76.6 Å². The summed E-state index contributed by atoms with van der Waals surface area (Å²) >= 11 is 0. The second-order valence-corrected chi connectivity index (χ2v) is 14.2. The van der Waals surface area contributed by atoms with E-state index >= 15 is 0 Å². The molecule has 52 heavy (non-hydrogen) atoms. The molecule has 0 aliphatic carbocycles. The van der Waals surface area contributed by atoms with Crippen LogP contribution in [0.15, 0.2) is 48.8 Å². The molecule has 5 aromatic rings. The molecule has 6 rings (SSSR count). The minimum absolute atomic E-state index is 0.334. The van der Waals surface area contributed by atoms with Crippen molar-refractivity contribution in [3.05, 3.63) is 65.9 Å². The van der Waals surface area contributed by atoms with E-state index in [1.165, 1.54) is 11.4 Å². The Bertz CT molecular complexity index is 1950. The third-order valence-electron chi connectivity index (χ3n) is 9.13. The summed E-state index contributed by atoms with van der Waals surface area (Å²) in [6, 6.07) is 11.4. The molecule has 5 heterocycles. The van der Waals surface area contributed by atoms with E-state index < -0.39 is 5.54 Å². The van der Waals surface area contributed by atoms with Crippen LogP contribution in [0.1, 0.15) is 37.9 Å². The highest BCUT2D eigenvalue weighted by atomic mass is 16.5. The molecule has 3 N–H and O–H groups in total. The minimum atomic E-state index is -0.446. The van der Waals surface area contributed by atoms with Gasteiger partial charge in [-0.25, -0.2) is 14.8 Å². The van der Waals surface area contributed by atoms with Crippen LogP contribution in [0.2, 0.25) is 0 Å². The Morgan fingerprint density at radius 2 is 1.52 bits per heavy atom. The topological polar surface area (TPSA) is 152 Å². The van der Waals surface area contributed by atoms with Crippen LogP contribution >= 0.6 is 0 Å². The number of hydrogen-bond donors (Lipinski definition) is 3. The molecular weight excluding hydrogens is 660 g/mol. The van der Waals surface area contributed by atoms with Crippen LogP contribution in [-0.4, -0.2) is 109 Å². The minimum Gasteiger partial charge on any atom is -0.497 e. The molecule has 0 atom stereocenters. The van der Waals surface area contributed by atoms with Gasteiger partial charge in [0.15, 0.2) is 5.65 Å². The number of hydrogen-bond acceptors (Lipinski definition) is 11. The average molecular weight is 711 g/mol. The highest BCUT2D eigenvalue weighted by molar-refractivity contribution is 5.96. The van der Waals surface area contributed by atoms with E-state index in [1.807, 2.05) is 49.8 Å². The van der Waals surface area contributed by atoms with E-state index in [9.17, 15) is 4.79 Å². The van der Waals surface area contributed by atoms with E-state index in [0.29, 0.717) is 46.4 Å². The number of aryl methyl sites for hydroxylation is 2. The Morgan fingerprint density at radius 1 is 0.865 bits per heavy atom. The second kappa shape index (κ2) is 15.9. The van der Waals surface area contributed by atoms with Gasteiger partial charge >= 0.3 is 6.03 Å². The third-order valence-corrected chi connectivity index (χ3v) is 9.13. The van der Waals surface area contributed by atoms with Crippen molar-refractivity contribution >= 4 is 28.8 Å². The van der Waals surface area contributed by atoms with Gasteiger partial charge in [-0.05, 0) is 70.5 Å². The summed E-state index contributed by atoms with van der Waals surface area (Å²) in [7, 11) is 3.18. The average Bonchev–Trinajstić information content (AvgIpc) is 3.72. The molecule has 15 nitrogen and oxygen atoms in total. The first kappa shape index (κ1) is 36.5. The molecule has 1 saturated heterocycles. The van der Waals surface area contributed by atoms with Gasteiger partial charge in [0.25, 0.3) is 0 Å². The largest absolute Gasteiger partial charge is 0.497 e. The molecule has 1 aromatic carbocycles. The maximum atomic E-state index is 13.0. The fraction of sp³-hybridized carbons (Fsp3) is 0.459. The smallest absolute Gasteiger partial charge is 0.320 e. The number of nitrogens with zero attached hydrogens (tertiary/aromatic N) is 9. The van der Waals surface area contributed by atoms with E-state index in [4.69, 9.17) is 14.5 Å². The van der Waals surface area contributed by atoms with Gasteiger partial charge in [-0.1, -0.05) is 5.21 Å². The van der Waals surface area contributed by atoms with Crippen molar-refractivity contribution in [1.82, 2.24) is 49.6 Å². The van der Waals surface area contributed by atoms with Crippen LogP contribution in [-0.2, 0) is 19.6 Å². The summed E-state index contributed by atoms with van der Waals surface area (Å²) in [4.78, 5) is 32.0. The van der Waals surface area contributed by atoms with Crippen LogP contribution in [0, 0.1) is 13.8 Å². The molecule has 4 aromatic heterocycles. The van der Waals surface area contributed by atoms with Gasteiger partial charge in [0.05, 0.1) is 33.5 Å². The molecule has 1 fully saturated rings. The summed E-state index contributed by atoms with van der Waals surface area (Å²) < 4.78 is 15.3. The first-order valence-corrected chi connectivity index (χ1v) is 17.7. The predicted octanol–water partition coefficient (Wildman–Crippen LogP) is 4.57. The van der Waals surface area contributed by atoms with Gasteiger partial charge in [0.1, 0.15) is 23.0 Å². The van der Waals surface area contributed by atoms with Crippen molar-refractivity contribution in [2.75, 3.05) is 64.1 Å². The Morgan fingerprint density at radius 3 is 2.15 bits per heavy atom. The number of methoxy groups -OCH3 is 2. The maximum Gasteiger partial charge on any atom is 0.320 e. The van der Waals surface area contributed by atoms with Gasteiger partial charge in [0.2, 0.25) is 5.95 Å². The van der Waals surface area contributed by atoms with Crippen molar-refractivity contribution in [2.45, 2.75) is 59.8 Å². The zero-order valence-corrected chi connectivity index (χ0v) is 31.2. The number of piperazine rings is 1. The number of benzene rings is 1. The van der Waals surface area contributed by atoms with E-state index in [0.717, 1.165) is 63.6 Å². The quantitative estimate of drug-likeness (QED) is 0.158. The number of nitrogens with one attached hydrogen (secondary N) is 3. The van der Waals surface area contributed by atoms with Gasteiger partial charge in [-0.15, -0.1) is 5.10 Å². The molecule has 1 aliphatic heterocycles. The van der Waals surface area contributed by atoms with Gasteiger partial charge < -0.3 is 24.7 Å². The molecule has 0 saturated carbocycles. The van der Waals surface area contributed by atoms with Gasteiger partial charge in [-0.2, -0.15) is 4.98 Å². The summed E-state index contributed by atoms with van der Waals surface area (Å²) in [5, 5.41) is 18.5. The molecule has 1 aliphatic rings. The third kappa shape index (κ3) is 9.33. The number of aromatic nitrogens is 7. The lowest BCUT2D eigenvalue weighted by atomic mass is 10.0. The van der Waals surface area contributed by atoms with Crippen LogP contribution in [0.5, 0.6) is 11.5 Å². The molecule has 15 heteroatoms. The Kier molecular flexibility index (Phi) is 11.2. The Hall–Kier alpha value is -5.28. The van der Waals surface area contributed by atoms with Crippen molar-refractivity contribution in [3.8, 4) is 22.6 Å². The van der Waals surface area contributed by atoms with Gasteiger partial charge in [0, 0.05) is 86.0 Å². The molecule has 0 spiro atoms. The summed E-state index contributed by atoms with van der Waals surface area (Å²) in [5.74, 6) is 1.93. The predicted molar refractivity (Wildman–Crippen MR) is 202 cm³/mol. The van der Waals surface area contributed by atoms with Crippen LogP contribution in [0.25, 0.3) is 22.2 Å².